The number of hydrogen-bond acceptors (Lipinski definition) is 4. The second-order valence-electron chi connectivity index (χ2n) is 6.32. The fourth-order valence-corrected chi connectivity index (χ4v) is 3.21. The number of amides is 1. The molecule has 2 N–H and O–H groups in total. The summed E-state index contributed by atoms with van der Waals surface area (Å²) in [5, 5.41) is 23.1. The molecule has 1 aromatic rings. The van der Waals surface area contributed by atoms with Crippen LogP contribution in [0.4, 0.5) is 5.69 Å². The van der Waals surface area contributed by atoms with Crippen molar-refractivity contribution in [3.8, 4) is 0 Å². The predicted molar refractivity (Wildman–Crippen MR) is 83.3 cm³/mol. The average molecular weight is 320 g/mol. The van der Waals surface area contributed by atoms with Gasteiger partial charge in [0.1, 0.15) is 0 Å². The third-order valence-electron chi connectivity index (χ3n) is 4.44. The number of carbonyl (C=O) groups excluding carboxylic acids is 1. The van der Waals surface area contributed by atoms with E-state index in [2.05, 4.69) is 5.32 Å². The highest BCUT2D eigenvalue weighted by molar-refractivity contribution is 5.96. The number of nitro groups is 1. The lowest BCUT2D eigenvalue weighted by molar-refractivity contribution is -0.384. The van der Waals surface area contributed by atoms with Crippen molar-refractivity contribution in [1.82, 2.24) is 5.32 Å². The Balaban J connectivity index is 2.27. The molecule has 7 nitrogen and oxygen atoms in total. The Morgan fingerprint density at radius 3 is 2.65 bits per heavy atom. The maximum Gasteiger partial charge on any atom is 0.308 e. The number of carboxylic acids is 1. The van der Waals surface area contributed by atoms with Crippen molar-refractivity contribution in [2.24, 2.45) is 5.92 Å². The smallest absolute Gasteiger partial charge is 0.308 e. The van der Waals surface area contributed by atoms with Crippen molar-refractivity contribution in [2.75, 3.05) is 0 Å². The van der Waals surface area contributed by atoms with Gasteiger partial charge in [0, 0.05) is 17.7 Å². The SMILES string of the molecule is Cc1cc(C(=O)NC2(C)CCCCC2C(=O)O)cc([N+](=O)[O-])c1. The number of nitrogens with one attached hydrogen (secondary N) is 1. The molecular weight excluding hydrogens is 300 g/mol. The lowest BCUT2D eigenvalue weighted by atomic mass is 9.73. The zero-order chi connectivity index (χ0) is 17.2. The monoisotopic (exact) mass is 320 g/mol. The molecule has 1 aromatic carbocycles. The molecule has 2 rings (SSSR count). The fourth-order valence-electron chi connectivity index (χ4n) is 3.21. The first-order chi connectivity index (χ1) is 10.7. The van der Waals surface area contributed by atoms with Crippen LogP contribution in [-0.4, -0.2) is 27.4 Å². The molecule has 1 fully saturated rings. The molecule has 0 bridgehead atoms. The average Bonchev–Trinajstić information content (AvgIpc) is 2.46. The third-order valence-corrected chi connectivity index (χ3v) is 4.44. The molecule has 0 heterocycles. The molecule has 124 valence electrons. The van der Waals surface area contributed by atoms with E-state index in [0.717, 1.165) is 12.8 Å². The van der Waals surface area contributed by atoms with Crippen molar-refractivity contribution < 1.29 is 19.6 Å². The number of benzene rings is 1. The number of rotatable bonds is 4. The number of nitrogens with zero attached hydrogens (tertiary/aromatic N) is 1. The van der Waals surface area contributed by atoms with Crippen LogP contribution in [0.1, 0.15) is 48.5 Å². The molecule has 1 aliphatic carbocycles. The summed E-state index contributed by atoms with van der Waals surface area (Å²) in [6, 6.07) is 4.16. The number of aliphatic carboxylic acids is 1. The Morgan fingerprint density at radius 1 is 1.35 bits per heavy atom. The van der Waals surface area contributed by atoms with E-state index in [9.17, 15) is 24.8 Å². The Kier molecular flexibility index (Phi) is 4.68. The zero-order valence-corrected chi connectivity index (χ0v) is 13.2. The highest BCUT2D eigenvalue weighted by Gasteiger charge is 2.42. The topological polar surface area (TPSA) is 110 Å². The summed E-state index contributed by atoms with van der Waals surface area (Å²) in [6.07, 6.45) is 2.75. The van der Waals surface area contributed by atoms with Crippen LogP contribution in [-0.2, 0) is 4.79 Å². The zero-order valence-electron chi connectivity index (χ0n) is 13.2. The standard InChI is InChI=1S/C16H20N2O5/c1-10-7-11(9-12(8-10)18(22)23)14(19)17-16(2)6-4-3-5-13(16)15(20)21/h7-9,13H,3-6H2,1-2H3,(H,17,19)(H,20,21). The Hall–Kier alpha value is -2.44. The fraction of sp³-hybridized carbons (Fsp3) is 0.500. The summed E-state index contributed by atoms with van der Waals surface area (Å²) in [6.45, 7) is 3.40. The molecule has 2 unspecified atom stereocenters. The molecular formula is C16H20N2O5. The molecule has 2 atom stereocenters. The Labute approximate surface area is 133 Å². The van der Waals surface area contributed by atoms with Gasteiger partial charge in [0.15, 0.2) is 0 Å². The number of carboxylic acid groups (broad SMARTS) is 1. The minimum absolute atomic E-state index is 0.154. The minimum atomic E-state index is -0.928. The van der Waals surface area contributed by atoms with Gasteiger partial charge in [-0.1, -0.05) is 12.8 Å². The number of nitro benzene ring substituents is 1. The Bertz CT molecular complexity index is 658. The normalized spacial score (nSPS) is 24.0. The van der Waals surface area contributed by atoms with E-state index >= 15 is 0 Å². The molecule has 1 saturated carbocycles. The van der Waals surface area contributed by atoms with E-state index in [1.807, 2.05) is 0 Å². The molecule has 0 radical (unpaired) electrons. The second-order valence-corrected chi connectivity index (χ2v) is 6.32. The molecule has 0 aliphatic heterocycles. The molecule has 0 saturated heterocycles. The first kappa shape index (κ1) is 16.9. The van der Waals surface area contributed by atoms with Crippen LogP contribution in [0.25, 0.3) is 0 Å². The van der Waals surface area contributed by atoms with Gasteiger partial charge in [-0.05, 0) is 38.3 Å². The van der Waals surface area contributed by atoms with Crippen LogP contribution in [0.15, 0.2) is 18.2 Å². The molecule has 23 heavy (non-hydrogen) atoms. The van der Waals surface area contributed by atoms with Gasteiger partial charge in [0.2, 0.25) is 0 Å². The van der Waals surface area contributed by atoms with E-state index in [4.69, 9.17) is 0 Å². The van der Waals surface area contributed by atoms with Crippen LogP contribution in [0, 0.1) is 23.0 Å². The van der Waals surface area contributed by atoms with Crippen LogP contribution >= 0.6 is 0 Å². The van der Waals surface area contributed by atoms with E-state index in [1.54, 1.807) is 19.9 Å². The summed E-state index contributed by atoms with van der Waals surface area (Å²) < 4.78 is 0. The van der Waals surface area contributed by atoms with Gasteiger partial charge in [-0.2, -0.15) is 0 Å². The first-order valence-electron chi connectivity index (χ1n) is 7.54. The number of carbonyl (C=O) groups is 2. The van der Waals surface area contributed by atoms with Gasteiger partial charge in [-0.15, -0.1) is 0 Å². The lowest BCUT2D eigenvalue weighted by Crippen LogP contribution is -2.55. The van der Waals surface area contributed by atoms with E-state index in [-0.39, 0.29) is 11.3 Å². The van der Waals surface area contributed by atoms with Crippen LogP contribution in [0.2, 0.25) is 0 Å². The quantitative estimate of drug-likeness (QED) is 0.654. The summed E-state index contributed by atoms with van der Waals surface area (Å²) in [5.41, 5.74) is -0.223. The Morgan fingerprint density at radius 2 is 2.04 bits per heavy atom. The molecule has 0 aromatic heterocycles. The summed E-state index contributed by atoms with van der Waals surface area (Å²) in [4.78, 5) is 34.3. The molecule has 1 aliphatic rings. The molecule has 7 heteroatoms. The highest BCUT2D eigenvalue weighted by Crippen LogP contribution is 2.34. The maximum atomic E-state index is 12.5. The minimum Gasteiger partial charge on any atom is -0.481 e. The van der Waals surface area contributed by atoms with E-state index in [0.29, 0.717) is 18.4 Å². The third kappa shape index (κ3) is 3.67. The van der Waals surface area contributed by atoms with Crippen molar-refractivity contribution in [1.29, 1.82) is 0 Å². The van der Waals surface area contributed by atoms with Crippen LogP contribution < -0.4 is 5.32 Å². The predicted octanol–water partition coefficient (Wildman–Crippen LogP) is 2.67. The van der Waals surface area contributed by atoms with E-state index < -0.39 is 28.3 Å². The van der Waals surface area contributed by atoms with Crippen LogP contribution in [0.5, 0.6) is 0 Å². The number of non-ortho nitro benzene ring substituents is 1. The number of hydrogen-bond donors (Lipinski definition) is 2. The van der Waals surface area contributed by atoms with Gasteiger partial charge in [-0.3, -0.25) is 19.7 Å². The van der Waals surface area contributed by atoms with Gasteiger partial charge in [-0.25, -0.2) is 0 Å². The van der Waals surface area contributed by atoms with Gasteiger partial charge in [0.05, 0.1) is 16.4 Å². The van der Waals surface area contributed by atoms with Gasteiger partial charge < -0.3 is 10.4 Å². The van der Waals surface area contributed by atoms with Crippen LogP contribution in [0.3, 0.4) is 0 Å². The highest BCUT2D eigenvalue weighted by atomic mass is 16.6. The summed E-state index contributed by atoms with van der Waals surface area (Å²) >= 11 is 0. The first-order valence-corrected chi connectivity index (χ1v) is 7.54. The summed E-state index contributed by atoms with van der Waals surface area (Å²) in [7, 11) is 0. The van der Waals surface area contributed by atoms with Gasteiger partial charge >= 0.3 is 5.97 Å². The summed E-state index contributed by atoms with van der Waals surface area (Å²) in [5.74, 6) is -2.06. The van der Waals surface area contributed by atoms with Crippen molar-refractivity contribution in [2.45, 2.75) is 45.1 Å². The van der Waals surface area contributed by atoms with Crippen molar-refractivity contribution in [3.63, 3.8) is 0 Å². The van der Waals surface area contributed by atoms with Crippen molar-refractivity contribution in [3.05, 3.63) is 39.4 Å². The molecule has 1 amide bonds. The largest absolute Gasteiger partial charge is 0.481 e. The van der Waals surface area contributed by atoms with E-state index in [1.165, 1.54) is 12.1 Å². The number of aryl methyl sites for hydroxylation is 1. The maximum absolute atomic E-state index is 12.5. The van der Waals surface area contributed by atoms with Gasteiger partial charge in [0.25, 0.3) is 11.6 Å². The second kappa shape index (κ2) is 6.36. The lowest BCUT2D eigenvalue weighted by Gasteiger charge is -2.39. The van der Waals surface area contributed by atoms with Crippen molar-refractivity contribution >= 4 is 17.6 Å². The molecule has 0 spiro atoms.